The molecule has 1 unspecified atom stereocenters. The van der Waals surface area contributed by atoms with Crippen molar-refractivity contribution in [1.29, 1.82) is 5.26 Å². The Hall–Kier alpha value is -2.13. The van der Waals surface area contributed by atoms with Crippen molar-refractivity contribution in [1.82, 2.24) is 4.90 Å². The Morgan fingerprint density at radius 3 is 2.90 bits per heavy atom. The number of hydrogen-bond donors (Lipinski definition) is 1. The van der Waals surface area contributed by atoms with Gasteiger partial charge >= 0.3 is 0 Å². The van der Waals surface area contributed by atoms with Crippen LogP contribution in [0, 0.1) is 23.1 Å². The van der Waals surface area contributed by atoms with Crippen LogP contribution in [0.15, 0.2) is 18.2 Å². The van der Waals surface area contributed by atoms with Gasteiger partial charge in [-0.25, -0.2) is 4.39 Å². The standard InChI is InChI=1S/C15H16FN3OS/c1-3-19(8-9(2)7-17)15(20)14-13(18)11-6-10(16)4-5-12(11)21-14/h4-6,9H,3,8,18H2,1-2H3. The Bertz CT molecular complexity index is 720. The van der Waals surface area contributed by atoms with Gasteiger partial charge in [-0.05, 0) is 32.0 Å². The molecule has 0 saturated heterocycles. The molecule has 1 atom stereocenters. The molecule has 21 heavy (non-hydrogen) atoms. The maximum atomic E-state index is 13.3. The van der Waals surface area contributed by atoms with Gasteiger partial charge in [-0.2, -0.15) is 5.26 Å². The van der Waals surface area contributed by atoms with Crippen LogP contribution in [0.3, 0.4) is 0 Å². The molecule has 0 saturated carbocycles. The lowest BCUT2D eigenvalue weighted by Gasteiger charge is -2.21. The number of anilines is 1. The summed E-state index contributed by atoms with van der Waals surface area (Å²) >= 11 is 1.25. The summed E-state index contributed by atoms with van der Waals surface area (Å²) in [5.74, 6) is -0.836. The van der Waals surface area contributed by atoms with Crippen LogP contribution in [0.5, 0.6) is 0 Å². The maximum Gasteiger partial charge on any atom is 0.266 e. The first-order valence-electron chi connectivity index (χ1n) is 6.64. The Kier molecular flexibility index (Phi) is 4.43. The van der Waals surface area contributed by atoms with Crippen molar-refractivity contribution in [2.45, 2.75) is 13.8 Å². The number of hydrogen-bond acceptors (Lipinski definition) is 4. The van der Waals surface area contributed by atoms with E-state index in [0.717, 1.165) is 4.70 Å². The van der Waals surface area contributed by atoms with Gasteiger partial charge in [0.2, 0.25) is 0 Å². The fourth-order valence-corrected chi connectivity index (χ4v) is 3.19. The second-order valence-corrected chi connectivity index (χ2v) is 5.91. The van der Waals surface area contributed by atoms with Gasteiger partial charge in [0.1, 0.15) is 10.7 Å². The van der Waals surface area contributed by atoms with Crippen molar-refractivity contribution in [3.8, 4) is 6.07 Å². The second kappa shape index (κ2) is 6.10. The zero-order valence-electron chi connectivity index (χ0n) is 11.9. The minimum atomic E-state index is -0.378. The number of carbonyl (C=O) groups is 1. The van der Waals surface area contributed by atoms with Crippen molar-refractivity contribution in [3.05, 3.63) is 28.9 Å². The van der Waals surface area contributed by atoms with Gasteiger partial charge in [0.05, 0.1) is 17.7 Å². The summed E-state index contributed by atoms with van der Waals surface area (Å²) < 4.78 is 14.1. The highest BCUT2D eigenvalue weighted by Gasteiger charge is 2.22. The van der Waals surface area contributed by atoms with E-state index in [-0.39, 0.29) is 17.6 Å². The van der Waals surface area contributed by atoms with Gasteiger partial charge < -0.3 is 10.6 Å². The number of carbonyl (C=O) groups excluding carboxylic acids is 1. The van der Waals surface area contributed by atoms with Gasteiger partial charge in [-0.1, -0.05) is 0 Å². The second-order valence-electron chi connectivity index (χ2n) is 4.86. The molecule has 0 bridgehead atoms. The topological polar surface area (TPSA) is 70.1 Å². The van der Waals surface area contributed by atoms with Gasteiger partial charge in [-0.3, -0.25) is 4.79 Å². The number of halogens is 1. The number of nitrogens with zero attached hydrogens (tertiary/aromatic N) is 2. The normalized spacial score (nSPS) is 12.1. The largest absolute Gasteiger partial charge is 0.397 e. The molecule has 2 aromatic rings. The highest BCUT2D eigenvalue weighted by atomic mass is 32.1. The number of nitrogen functional groups attached to an aromatic ring is 1. The summed E-state index contributed by atoms with van der Waals surface area (Å²) in [7, 11) is 0. The summed E-state index contributed by atoms with van der Waals surface area (Å²) in [6.07, 6.45) is 0. The fourth-order valence-electron chi connectivity index (χ4n) is 2.12. The van der Waals surface area contributed by atoms with E-state index in [2.05, 4.69) is 6.07 Å². The number of rotatable bonds is 4. The van der Waals surface area contributed by atoms with Crippen LogP contribution in [0.1, 0.15) is 23.5 Å². The zero-order valence-corrected chi connectivity index (χ0v) is 12.7. The van der Waals surface area contributed by atoms with Crippen LogP contribution in [-0.2, 0) is 0 Å². The van der Waals surface area contributed by atoms with Crippen molar-refractivity contribution in [2.24, 2.45) is 5.92 Å². The summed E-state index contributed by atoms with van der Waals surface area (Å²) in [6.45, 7) is 4.46. The lowest BCUT2D eigenvalue weighted by atomic mass is 10.1. The molecule has 0 spiro atoms. The van der Waals surface area contributed by atoms with Crippen LogP contribution in [0.4, 0.5) is 10.1 Å². The number of benzene rings is 1. The summed E-state index contributed by atoms with van der Waals surface area (Å²) in [4.78, 5) is 14.5. The molecule has 0 fully saturated rings. The highest BCUT2D eigenvalue weighted by molar-refractivity contribution is 7.21. The molecule has 1 amide bonds. The molecule has 6 heteroatoms. The predicted molar refractivity (Wildman–Crippen MR) is 82.5 cm³/mol. The molecular weight excluding hydrogens is 289 g/mol. The van der Waals surface area contributed by atoms with Gasteiger partial charge in [0, 0.05) is 23.2 Å². The van der Waals surface area contributed by atoms with E-state index in [9.17, 15) is 9.18 Å². The van der Waals surface area contributed by atoms with Crippen LogP contribution in [-0.4, -0.2) is 23.9 Å². The number of nitriles is 1. The van der Waals surface area contributed by atoms with Crippen molar-refractivity contribution >= 4 is 33.0 Å². The van der Waals surface area contributed by atoms with E-state index < -0.39 is 0 Å². The first-order valence-corrected chi connectivity index (χ1v) is 7.46. The molecule has 0 aliphatic heterocycles. The quantitative estimate of drug-likeness (QED) is 0.942. The third-order valence-corrected chi connectivity index (χ3v) is 4.44. The molecule has 1 aromatic carbocycles. The fraction of sp³-hybridized carbons (Fsp3) is 0.333. The minimum absolute atomic E-state index is 0.210. The molecule has 0 aliphatic carbocycles. The minimum Gasteiger partial charge on any atom is -0.397 e. The smallest absolute Gasteiger partial charge is 0.266 e. The zero-order chi connectivity index (χ0) is 15.6. The predicted octanol–water partition coefficient (Wildman–Crippen LogP) is 3.24. The average Bonchev–Trinajstić information content (AvgIpc) is 2.80. The van der Waals surface area contributed by atoms with Gasteiger partial charge in [-0.15, -0.1) is 11.3 Å². The van der Waals surface area contributed by atoms with Crippen LogP contribution < -0.4 is 5.73 Å². The monoisotopic (exact) mass is 305 g/mol. The third kappa shape index (κ3) is 2.98. The summed E-state index contributed by atoms with van der Waals surface area (Å²) in [5.41, 5.74) is 6.30. The van der Waals surface area contributed by atoms with E-state index in [0.29, 0.717) is 29.0 Å². The average molecular weight is 305 g/mol. The summed E-state index contributed by atoms with van der Waals surface area (Å²) in [6, 6.07) is 6.42. The van der Waals surface area contributed by atoms with Crippen LogP contribution in [0.2, 0.25) is 0 Å². The summed E-state index contributed by atoms with van der Waals surface area (Å²) in [5, 5.41) is 9.44. The Morgan fingerprint density at radius 1 is 1.57 bits per heavy atom. The number of nitrogens with two attached hydrogens (primary N) is 1. The first kappa shape index (κ1) is 15.3. The number of fused-ring (bicyclic) bond motifs is 1. The number of thiophene rings is 1. The maximum absolute atomic E-state index is 13.3. The van der Waals surface area contributed by atoms with E-state index in [1.54, 1.807) is 17.9 Å². The molecular formula is C15H16FN3OS. The highest BCUT2D eigenvalue weighted by Crippen LogP contribution is 2.34. The Morgan fingerprint density at radius 2 is 2.29 bits per heavy atom. The molecule has 0 radical (unpaired) electrons. The van der Waals surface area contributed by atoms with Crippen LogP contribution >= 0.6 is 11.3 Å². The van der Waals surface area contributed by atoms with E-state index in [1.165, 1.54) is 23.5 Å². The molecule has 2 N–H and O–H groups in total. The van der Waals surface area contributed by atoms with E-state index in [4.69, 9.17) is 11.0 Å². The lowest BCUT2D eigenvalue weighted by Crippen LogP contribution is -2.34. The van der Waals surface area contributed by atoms with Crippen molar-refractivity contribution in [3.63, 3.8) is 0 Å². The van der Waals surface area contributed by atoms with Crippen molar-refractivity contribution < 1.29 is 9.18 Å². The van der Waals surface area contributed by atoms with Gasteiger partial charge in [0.15, 0.2) is 0 Å². The molecule has 4 nitrogen and oxygen atoms in total. The Labute approximate surface area is 126 Å². The van der Waals surface area contributed by atoms with E-state index in [1.807, 2.05) is 6.92 Å². The van der Waals surface area contributed by atoms with Crippen molar-refractivity contribution in [2.75, 3.05) is 18.8 Å². The first-order chi connectivity index (χ1) is 9.97. The van der Waals surface area contributed by atoms with E-state index >= 15 is 0 Å². The molecule has 2 rings (SSSR count). The van der Waals surface area contributed by atoms with Gasteiger partial charge in [0.25, 0.3) is 5.91 Å². The lowest BCUT2D eigenvalue weighted by molar-refractivity contribution is 0.0758. The number of amides is 1. The molecule has 1 heterocycles. The molecule has 1 aromatic heterocycles. The third-order valence-electron chi connectivity index (χ3n) is 3.27. The Balaban J connectivity index is 2.38. The molecule has 110 valence electrons. The van der Waals surface area contributed by atoms with Crippen LogP contribution in [0.25, 0.3) is 10.1 Å². The SMILES string of the molecule is CCN(CC(C)C#N)C(=O)c1sc2ccc(F)cc2c1N. The molecule has 0 aliphatic rings.